The molecule has 0 saturated heterocycles. The van der Waals surface area contributed by atoms with Crippen LogP contribution in [0.4, 0.5) is 0 Å². The molecular formula is C40H38N4. The van der Waals surface area contributed by atoms with Crippen molar-refractivity contribution in [3.63, 3.8) is 0 Å². The number of hydrogen-bond acceptors (Lipinski definition) is 2. The maximum Gasteiger partial charge on any atom is 0.0963 e. The molecule has 0 bridgehead atoms. The van der Waals surface area contributed by atoms with E-state index in [1.54, 1.807) is 0 Å². The Bertz CT molecular complexity index is 2240. The van der Waals surface area contributed by atoms with Crippen LogP contribution in [0.25, 0.3) is 69.4 Å². The maximum atomic E-state index is 4.80. The molecule has 4 heterocycles. The summed E-state index contributed by atoms with van der Waals surface area (Å²) in [5.74, 6) is 0. The number of allylic oxidation sites excluding steroid dienone is 3. The van der Waals surface area contributed by atoms with Crippen LogP contribution in [0.3, 0.4) is 0 Å². The lowest BCUT2D eigenvalue weighted by Gasteiger charge is -2.12. The fourth-order valence-corrected chi connectivity index (χ4v) is 6.39. The monoisotopic (exact) mass is 574 g/mol. The third-order valence-corrected chi connectivity index (χ3v) is 8.24. The fourth-order valence-electron chi connectivity index (χ4n) is 6.39. The van der Waals surface area contributed by atoms with Crippen LogP contribution < -0.4 is 10.6 Å². The van der Waals surface area contributed by atoms with Gasteiger partial charge in [0.25, 0.3) is 0 Å². The Morgan fingerprint density at radius 3 is 2.18 bits per heavy atom. The first kappa shape index (κ1) is 28.9. The van der Waals surface area contributed by atoms with Gasteiger partial charge in [-0.1, -0.05) is 69.5 Å². The molecule has 0 unspecified atom stereocenters. The van der Waals surface area contributed by atoms with Crippen molar-refractivity contribution in [2.24, 2.45) is 0 Å². The van der Waals surface area contributed by atoms with Crippen molar-refractivity contribution in [3.8, 4) is 22.5 Å². The zero-order chi connectivity index (χ0) is 31.0. The minimum Gasteiger partial charge on any atom is -0.308 e. The van der Waals surface area contributed by atoms with Gasteiger partial charge in [-0.3, -0.25) is 9.97 Å². The van der Waals surface area contributed by atoms with Gasteiger partial charge in [0.05, 0.1) is 27.8 Å². The zero-order valence-electron chi connectivity index (χ0n) is 26.2. The topological polar surface area (TPSA) is 35.6 Å². The predicted molar refractivity (Wildman–Crippen MR) is 189 cm³/mol. The first-order chi connectivity index (χ1) is 21.5. The molecule has 7 rings (SSSR count). The van der Waals surface area contributed by atoms with Crippen molar-refractivity contribution in [3.05, 3.63) is 130 Å². The van der Waals surface area contributed by atoms with Crippen molar-refractivity contribution < 1.29 is 0 Å². The molecule has 0 saturated carbocycles. The largest absolute Gasteiger partial charge is 0.308 e. The number of hydrogen-bond donors (Lipinski definition) is 0. The molecule has 1 aliphatic carbocycles. The van der Waals surface area contributed by atoms with Crippen molar-refractivity contribution in [2.75, 3.05) is 0 Å². The lowest BCUT2D eigenvalue weighted by molar-refractivity contribution is 1.07. The highest BCUT2D eigenvalue weighted by atomic mass is 15.0. The Morgan fingerprint density at radius 2 is 1.52 bits per heavy atom. The maximum absolute atomic E-state index is 4.80. The molecule has 44 heavy (non-hydrogen) atoms. The first-order valence-corrected chi connectivity index (χ1v) is 15.3. The summed E-state index contributed by atoms with van der Waals surface area (Å²) in [5.41, 5.74) is 14.7. The number of aryl methyl sites for hydroxylation is 1. The molecule has 0 N–H and O–H groups in total. The van der Waals surface area contributed by atoms with Gasteiger partial charge >= 0.3 is 0 Å². The number of nitrogens with zero attached hydrogens (tertiary/aromatic N) is 4. The van der Waals surface area contributed by atoms with Crippen LogP contribution in [0, 0.1) is 6.92 Å². The van der Waals surface area contributed by atoms with Gasteiger partial charge < -0.3 is 9.13 Å². The Hall–Kier alpha value is -5.22. The summed E-state index contributed by atoms with van der Waals surface area (Å²) in [6.45, 7) is 18.8. The summed E-state index contributed by atoms with van der Waals surface area (Å²) in [6.07, 6.45) is 17.0. The minimum atomic E-state index is 0.919. The molecule has 4 nitrogen and oxygen atoms in total. The number of pyridine rings is 2. The van der Waals surface area contributed by atoms with Gasteiger partial charge in [0.1, 0.15) is 0 Å². The van der Waals surface area contributed by atoms with E-state index >= 15 is 0 Å². The molecule has 218 valence electrons. The molecule has 0 radical (unpaired) electrons. The second-order valence-corrected chi connectivity index (χ2v) is 10.8. The van der Waals surface area contributed by atoms with E-state index in [9.17, 15) is 0 Å². The average molecular weight is 575 g/mol. The van der Waals surface area contributed by atoms with Gasteiger partial charge in [-0.15, -0.1) is 0 Å². The summed E-state index contributed by atoms with van der Waals surface area (Å²) >= 11 is 0. The van der Waals surface area contributed by atoms with Crippen LogP contribution in [0.15, 0.2) is 91.8 Å². The Kier molecular flexibility index (Phi) is 7.75. The number of benzene rings is 2. The molecular weight excluding hydrogens is 536 g/mol. The van der Waals surface area contributed by atoms with E-state index in [4.69, 9.17) is 9.97 Å². The van der Waals surface area contributed by atoms with E-state index in [0.29, 0.717) is 0 Å². The standard InChI is InChI=1S/C38H32N4.C2H6/c1-6-9-12-30-25(5)41(36-19-24(4)23-40-37(30)36)28-16-14-26-20-27-15-17-29(22-33(27)32(26)21-28)42-34(8-3)31(11-7-2)38-35(42)13-10-18-39-38;1-2/h6-19,21-23H,3,5,20H2,1-2,4H3;1-2H3/b9-6-,11-7-,30-12+;. The Balaban J connectivity index is 0.00000168. The summed E-state index contributed by atoms with van der Waals surface area (Å²) in [5, 5.41) is 1.99. The van der Waals surface area contributed by atoms with Gasteiger partial charge in [0.15, 0.2) is 0 Å². The van der Waals surface area contributed by atoms with E-state index in [1.807, 2.05) is 58.3 Å². The third kappa shape index (κ3) is 4.55. The average Bonchev–Trinajstić information content (AvgIpc) is 3.67. The number of aromatic nitrogens is 4. The quantitative estimate of drug-likeness (QED) is 0.206. The second kappa shape index (κ2) is 11.8. The smallest absolute Gasteiger partial charge is 0.0963 e. The highest BCUT2D eigenvalue weighted by molar-refractivity contribution is 5.93. The normalized spacial score (nSPS) is 12.7. The van der Waals surface area contributed by atoms with Crippen LogP contribution in [-0.4, -0.2) is 19.1 Å². The summed E-state index contributed by atoms with van der Waals surface area (Å²) in [7, 11) is 0. The number of fused-ring (bicyclic) bond motifs is 5. The molecule has 0 fully saturated rings. The van der Waals surface area contributed by atoms with Crippen molar-refractivity contribution in [1.82, 2.24) is 19.1 Å². The first-order valence-electron chi connectivity index (χ1n) is 15.3. The van der Waals surface area contributed by atoms with Crippen molar-refractivity contribution in [2.45, 2.75) is 41.0 Å². The van der Waals surface area contributed by atoms with Crippen molar-refractivity contribution >= 4 is 46.9 Å². The van der Waals surface area contributed by atoms with Crippen LogP contribution in [-0.2, 0) is 6.42 Å². The van der Waals surface area contributed by atoms with Crippen LogP contribution >= 0.6 is 0 Å². The SMILES string of the molecule is C=Cc1c(/C=C\C)c2ncccc2n1-c1ccc2c(c1)-c1cc(-n3c(=C)/c(=C\C=C/C)c4ncc(C)cc43)ccc1C2.CC. The second-order valence-electron chi connectivity index (χ2n) is 10.8. The predicted octanol–water partition coefficient (Wildman–Crippen LogP) is 8.71. The molecule has 4 aromatic heterocycles. The molecule has 6 aromatic rings. The molecule has 0 atom stereocenters. The zero-order valence-corrected chi connectivity index (χ0v) is 26.2. The van der Waals surface area contributed by atoms with E-state index < -0.39 is 0 Å². The van der Waals surface area contributed by atoms with Crippen LogP contribution in [0.1, 0.15) is 55.6 Å². The van der Waals surface area contributed by atoms with Gasteiger partial charge in [-0.25, -0.2) is 0 Å². The Morgan fingerprint density at radius 1 is 0.818 bits per heavy atom. The summed E-state index contributed by atoms with van der Waals surface area (Å²) in [4.78, 5) is 9.53. The van der Waals surface area contributed by atoms with E-state index in [1.165, 1.54) is 22.3 Å². The molecule has 1 aliphatic rings. The Labute approximate surface area is 259 Å². The van der Waals surface area contributed by atoms with E-state index in [2.05, 4.69) is 102 Å². The summed E-state index contributed by atoms with van der Waals surface area (Å²) < 4.78 is 4.52. The highest BCUT2D eigenvalue weighted by Gasteiger charge is 2.22. The molecule has 0 amide bonds. The molecule has 0 spiro atoms. The lowest BCUT2D eigenvalue weighted by Crippen LogP contribution is -2.26. The van der Waals surface area contributed by atoms with E-state index in [0.717, 1.165) is 67.3 Å². The molecule has 4 heteroatoms. The molecule has 0 aliphatic heterocycles. The number of rotatable bonds is 5. The lowest BCUT2D eigenvalue weighted by atomic mass is 10.0. The van der Waals surface area contributed by atoms with Gasteiger partial charge in [0.2, 0.25) is 0 Å². The molecule has 2 aromatic carbocycles. The van der Waals surface area contributed by atoms with Gasteiger partial charge in [-0.2, -0.15) is 0 Å². The van der Waals surface area contributed by atoms with E-state index in [-0.39, 0.29) is 0 Å². The highest BCUT2D eigenvalue weighted by Crippen LogP contribution is 2.40. The van der Waals surface area contributed by atoms with Crippen molar-refractivity contribution in [1.29, 1.82) is 0 Å². The summed E-state index contributed by atoms with van der Waals surface area (Å²) in [6, 6.07) is 19.9. The van der Waals surface area contributed by atoms with Crippen LogP contribution in [0.2, 0.25) is 0 Å². The van der Waals surface area contributed by atoms with Gasteiger partial charge in [0, 0.05) is 39.9 Å². The minimum absolute atomic E-state index is 0.919. The van der Waals surface area contributed by atoms with Gasteiger partial charge in [-0.05, 0) is 104 Å². The van der Waals surface area contributed by atoms with Crippen LogP contribution in [0.5, 0.6) is 0 Å². The fraction of sp³-hybridized carbons (Fsp3) is 0.150. The third-order valence-electron chi connectivity index (χ3n) is 8.24.